The first-order valence-corrected chi connectivity index (χ1v) is 8.15. The third-order valence-electron chi connectivity index (χ3n) is 2.28. The SMILES string of the molecule is CSc1ccccc1S(=O)(=O)NCCCCN. The van der Waals surface area contributed by atoms with Gasteiger partial charge in [0, 0.05) is 11.4 Å². The molecule has 0 aromatic heterocycles. The summed E-state index contributed by atoms with van der Waals surface area (Å²) < 4.78 is 26.6. The Morgan fingerprint density at radius 3 is 2.65 bits per heavy atom. The highest BCUT2D eigenvalue weighted by molar-refractivity contribution is 7.99. The lowest BCUT2D eigenvalue weighted by molar-refractivity contribution is 0.575. The molecule has 0 fully saturated rings. The van der Waals surface area contributed by atoms with Gasteiger partial charge < -0.3 is 5.73 Å². The van der Waals surface area contributed by atoms with Gasteiger partial charge in [-0.2, -0.15) is 0 Å². The van der Waals surface area contributed by atoms with Gasteiger partial charge in [0.2, 0.25) is 10.0 Å². The van der Waals surface area contributed by atoms with Gasteiger partial charge in [0.25, 0.3) is 0 Å². The van der Waals surface area contributed by atoms with E-state index in [-0.39, 0.29) is 0 Å². The third kappa shape index (κ3) is 4.31. The number of rotatable bonds is 7. The average Bonchev–Trinajstić information content (AvgIpc) is 2.34. The summed E-state index contributed by atoms with van der Waals surface area (Å²) in [5, 5.41) is 0. The highest BCUT2D eigenvalue weighted by atomic mass is 32.2. The normalized spacial score (nSPS) is 11.6. The highest BCUT2D eigenvalue weighted by Gasteiger charge is 2.16. The van der Waals surface area contributed by atoms with E-state index in [0.717, 1.165) is 17.7 Å². The molecule has 0 heterocycles. The van der Waals surface area contributed by atoms with E-state index in [2.05, 4.69) is 4.72 Å². The molecule has 1 aromatic carbocycles. The smallest absolute Gasteiger partial charge is 0.241 e. The molecule has 0 spiro atoms. The molecule has 0 radical (unpaired) electrons. The number of sulfonamides is 1. The molecular formula is C11H18N2O2S2. The summed E-state index contributed by atoms with van der Waals surface area (Å²) in [7, 11) is -3.40. The molecule has 0 amide bonds. The van der Waals surface area contributed by atoms with Crippen LogP contribution in [-0.4, -0.2) is 27.8 Å². The third-order valence-corrected chi connectivity index (χ3v) is 4.73. The van der Waals surface area contributed by atoms with Crippen molar-refractivity contribution in [1.29, 1.82) is 0 Å². The minimum atomic E-state index is -3.40. The number of unbranched alkanes of at least 4 members (excludes halogenated alkanes) is 1. The van der Waals surface area contributed by atoms with Crippen molar-refractivity contribution in [2.45, 2.75) is 22.6 Å². The van der Waals surface area contributed by atoms with Crippen molar-refractivity contribution < 1.29 is 8.42 Å². The largest absolute Gasteiger partial charge is 0.330 e. The van der Waals surface area contributed by atoms with Crippen LogP contribution in [0.25, 0.3) is 0 Å². The van der Waals surface area contributed by atoms with Crippen LogP contribution >= 0.6 is 11.8 Å². The molecule has 1 rings (SSSR count). The molecule has 1 aromatic rings. The minimum Gasteiger partial charge on any atom is -0.330 e. The second-order valence-electron chi connectivity index (χ2n) is 3.54. The van der Waals surface area contributed by atoms with E-state index < -0.39 is 10.0 Å². The van der Waals surface area contributed by atoms with E-state index in [1.165, 1.54) is 11.8 Å². The van der Waals surface area contributed by atoms with Crippen LogP contribution in [-0.2, 0) is 10.0 Å². The maximum Gasteiger partial charge on any atom is 0.241 e. The molecule has 0 aliphatic rings. The lowest BCUT2D eigenvalue weighted by atomic mass is 10.3. The van der Waals surface area contributed by atoms with Gasteiger partial charge in [-0.05, 0) is 37.8 Å². The van der Waals surface area contributed by atoms with Gasteiger partial charge in [-0.3, -0.25) is 0 Å². The van der Waals surface area contributed by atoms with E-state index in [4.69, 9.17) is 5.73 Å². The Morgan fingerprint density at radius 2 is 2.00 bits per heavy atom. The van der Waals surface area contributed by atoms with Crippen LogP contribution in [0.1, 0.15) is 12.8 Å². The molecule has 0 saturated heterocycles. The quantitative estimate of drug-likeness (QED) is 0.583. The Balaban J connectivity index is 2.75. The van der Waals surface area contributed by atoms with Crippen molar-refractivity contribution in [3.05, 3.63) is 24.3 Å². The molecule has 3 N–H and O–H groups in total. The van der Waals surface area contributed by atoms with E-state index >= 15 is 0 Å². The topological polar surface area (TPSA) is 72.2 Å². The van der Waals surface area contributed by atoms with Crippen molar-refractivity contribution in [2.24, 2.45) is 5.73 Å². The lowest BCUT2D eigenvalue weighted by Crippen LogP contribution is -2.25. The maximum absolute atomic E-state index is 12.0. The minimum absolute atomic E-state index is 0.347. The zero-order valence-corrected chi connectivity index (χ0v) is 11.5. The van der Waals surface area contributed by atoms with Crippen LogP contribution in [0.4, 0.5) is 0 Å². The Bertz CT molecular complexity index is 447. The summed E-state index contributed by atoms with van der Waals surface area (Å²) in [5.74, 6) is 0. The molecule has 0 unspecified atom stereocenters. The van der Waals surface area contributed by atoms with Crippen LogP contribution in [0.2, 0.25) is 0 Å². The van der Waals surface area contributed by atoms with Crippen LogP contribution in [0.15, 0.2) is 34.1 Å². The predicted molar refractivity (Wildman–Crippen MR) is 71.7 cm³/mol. The molecule has 96 valence electrons. The molecule has 17 heavy (non-hydrogen) atoms. The number of hydrogen-bond acceptors (Lipinski definition) is 4. The average molecular weight is 274 g/mol. The molecule has 0 aliphatic heterocycles. The van der Waals surface area contributed by atoms with Crippen molar-refractivity contribution in [3.63, 3.8) is 0 Å². The Labute approximate surface area is 107 Å². The fourth-order valence-electron chi connectivity index (χ4n) is 1.39. The first kappa shape index (κ1) is 14.5. The van der Waals surface area contributed by atoms with Crippen LogP contribution in [0.5, 0.6) is 0 Å². The summed E-state index contributed by atoms with van der Waals surface area (Å²) in [6.07, 6.45) is 3.45. The van der Waals surface area contributed by atoms with E-state index in [1.807, 2.05) is 12.3 Å². The molecule has 6 heteroatoms. The molecule has 4 nitrogen and oxygen atoms in total. The number of benzene rings is 1. The van der Waals surface area contributed by atoms with E-state index in [9.17, 15) is 8.42 Å². The predicted octanol–water partition coefficient (Wildman–Crippen LogP) is 1.43. The van der Waals surface area contributed by atoms with Crippen LogP contribution in [0, 0.1) is 0 Å². The zero-order chi connectivity index (χ0) is 12.7. The summed E-state index contributed by atoms with van der Waals surface area (Å²) in [5.41, 5.74) is 5.35. The molecule has 0 bridgehead atoms. The van der Waals surface area contributed by atoms with Gasteiger partial charge in [-0.25, -0.2) is 13.1 Å². The number of nitrogens with one attached hydrogen (secondary N) is 1. The van der Waals surface area contributed by atoms with Gasteiger partial charge in [0.15, 0.2) is 0 Å². The first-order chi connectivity index (χ1) is 8.11. The van der Waals surface area contributed by atoms with Crippen LogP contribution < -0.4 is 10.5 Å². The summed E-state index contributed by atoms with van der Waals surface area (Å²) in [6.45, 7) is 1.02. The number of thioether (sulfide) groups is 1. The fraction of sp³-hybridized carbons (Fsp3) is 0.455. The summed E-state index contributed by atoms with van der Waals surface area (Å²) >= 11 is 1.43. The van der Waals surface area contributed by atoms with Gasteiger partial charge >= 0.3 is 0 Å². The monoisotopic (exact) mass is 274 g/mol. The van der Waals surface area contributed by atoms with Crippen molar-refractivity contribution in [1.82, 2.24) is 4.72 Å². The van der Waals surface area contributed by atoms with Gasteiger partial charge in [0.05, 0.1) is 4.90 Å². The maximum atomic E-state index is 12.0. The van der Waals surface area contributed by atoms with Crippen molar-refractivity contribution in [2.75, 3.05) is 19.3 Å². The fourth-order valence-corrected chi connectivity index (χ4v) is 3.62. The Hall–Kier alpha value is -0.560. The molecule has 0 saturated carbocycles. The lowest BCUT2D eigenvalue weighted by Gasteiger charge is -2.09. The van der Waals surface area contributed by atoms with Crippen molar-refractivity contribution in [3.8, 4) is 0 Å². The standard InChI is InChI=1S/C11H18N2O2S2/c1-16-10-6-2-3-7-11(10)17(14,15)13-9-5-4-8-12/h2-3,6-7,13H,4-5,8-9,12H2,1H3. The number of nitrogens with two attached hydrogens (primary N) is 1. The summed E-state index contributed by atoms with van der Waals surface area (Å²) in [6, 6.07) is 6.99. The van der Waals surface area contributed by atoms with Crippen LogP contribution in [0.3, 0.4) is 0 Å². The van der Waals surface area contributed by atoms with Gasteiger partial charge in [-0.15, -0.1) is 11.8 Å². The van der Waals surface area contributed by atoms with Crippen molar-refractivity contribution >= 4 is 21.8 Å². The number of hydrogen-bond donors (Lipinski definition) is 2. The first-order valence-electron chi connectivity index (χ1n) is 5.44. The zero-order valence-electron chi connectivity index (χ0n) is 9.85. The second kappa shape index (κ2) is 7.00. The molecule has 0 aliphatic carbocycles. The molecule has 0 atom stereocenters. The highest BCUT2D eigenvalue weighted by Crippen LogP contribution is 2.23. The Kier molecular flexibility index (Phi) is 5.97. The van der Waals surface area contributed by atoms with Gasteiger partial charge in [0.1, 0.15) is 0 Å². The molecular weight excluding hydrogens is 256 g/mol. The Morgan fingerprint density at radius 1 is 1.29 bits per heavy atom. The summed E-state index contributed by atoms with van der Waals surface area (Å²) in [4.78, 5) is 1.11. The van der Waals surface area contributed by atoms with Gasteiger partial charge in [-0.1, -0.05) is 12.1 Å². The van der Waals surface area contributed by atoms with E-state index in [1.54, 1.807) is 18.2 Å². The second-order valence-corrected chi connectivity index (χ2v) is 6.13. The van der Waals surface area contributed by atoms with E-state index in [0.29, 0.717) is 18.0 Å².